The van der Waals surface area contributed by atoms with Crippen molar-refractivity contribution in [3.8, 4) is 0 Å². The highest BCUT2D eigenvalue weighted by Gasteiger charge is 2.24. The van der Waals surface area contributed by atoms with E-state index in [1.54, 1.807) is 18.2 Å². The second-order valence-corrected chi connectivity index (χ2v) is 13.3. The minimum Gasteiger partial charge on any atom is -0.371 e. The Kier molecular flexibility index (Phi) is 10.4. The van der Waals surface area contributed by atoms with Crippen LogP contribution in [-0.4, -0.2) is 54.1 Å². The van der Waals surface area contributed by atoms with Gasteiger partial charge in [0.1, 0.15) is 0 Å². The molecule has 0 bridgehead atoms. The van der Waals surface area contributed by atoms with E-state index in [1.165, 1.54) is 5.69 Å². The molecule has 0 unspecified atom stereocenters. The molecule has 2 aromatic heterocycles. The lowest BCUT2D eigenvalue weighted by Gasteiger charge is -2.34. The van der Waals surface area contributed by atoms with Crippen LogP contribution in [0.2, 0.25) is 20.1 Å². The zero-order valence-corrected chi connectivity index (χ0v) is 28.1. The first kappa shape index (κ1) is 32.6. The fraction of sp³-hybridized carbons (Fsp3) is 0.286. The van der Waals surface area contributed by atoms with Crippen LogP contribution in [0.4, 0.5) is 11.4 Å². The third-order valence-electron chi connectivity index (χ3n) is 8.61. The predicted octanol–water partition coefficient (Wildman–Crippen LogP) is 8.41. The second-order valence-electron chi connectivity index (χ2n) is 11.6. The maximum Gasteiger partial charge on any atom is 0.253 e. The molecule has 0 radical (unpaired) electrons. The van der Waals surface area contributed by atoms with Gasteiger partial charge >= 0.3 is 0 Å². The smallest absolute Gasteiger partial charge is 0.253 e. The minimum absolute atomic E-state index is 0.0985. The standard InChI is InChI=1S/C21H18Cl3N3O.C14H16ClN3/c22-13-4-5-15-18(12-13)25-9-6-19(15)27-10-7-14(8-11-27)26-21(28)16-2-1-3-17(23)20(16)24;15-10-1-2-12-13(9-10)17-6-3-14(12)18-7-4-11(16)5-8-18/h1-6,9,12,14H,7-8,10-11H2,(H,26,28);1-3,6,9,11H,4-5,7-8,16H2. The van der Waals surface area contributed by atoms with Crippen LogP contribution in [-0.2, 0) is 0 Å². The quantitative estimate of drug-likeness (QED) is 0.196. The van der Waals surface area contributed by atoms with Gasteiger partial charge in [-0.25, -0.2) is 0 Å². The zero-order chi connectivity index (χ0) is 32.2. The molecule has 4 heterocycles. The minimum atomic E-state index is -0.185. The summed E-state index contributed by atoms with van der Waals surface area (Å²) in [5, 5.41) is 7.41. The van der Waals surface area contributed by atoms with Crippen molar-refractivity contribution >= 4 is 85.5 Å². The number of halogens is 4. The molecule has 7 rings (SSSR count). The Morgan fingerprint density at radius 1 is 0.717 bits per heavy atom. The number of nitrogens with two attached hydrogens (primary N) is 1. The number of rotatable bonds is 4. The van der Waals surface area contributed by atoms with Crippen molar-refractivity contribution in [2.24, 2.45) is 5.73 Å². The molecular weight excluding hydrogens is 662 g/mol. The number of amides is 1. The highest BCUT2D eigenvalue weighted by atomic mass is 35.5. The monoisotopic (exact) mass is 694 g/mol. The number of hydrogen-bond acceptors (Lipinski definition) is 6. The van der Waals surface area contributed by atoms with Gasteiger partial charge in [0.15, 0.2) is 0 Å². The number of nitrogens with zero attached hydrogens (tertiary/aromatic N) is 4. The van der Waals surface area contributed by atoms with Gasteiger partial charge in [0.05, 0.1) is 26.6 Å². The van der Waals surface area contributed by atoms with Gasteiger partial charge in [-0.2, -0.15) is 0 Å². The lowest BCUT2D eigenvalue weighted by Crippen LogP contribution is -2.44. The Balaban J connectivity index is 0.000000178. The summed E-state index contributed by atoms with van der Waals surface area (Å²) in [6.07, 6.45) is 7.46. The molecule has 46 heavy (non-hydrogen) atoms. The Hall–Kier alpha value is -3.33. The van der Waals surface area contributed by atoms with E-state index in [4.69, 9.17) is 52.1 Å². The zero-order valence-electron chi connectivity index (χ0n) is 25.1. The number of carbonyl (C=O) groups is 1. The normalized spacial score (nSPS) is 15.9. The molecular formula is C35H34Cl4N6O. The van der Waals surface area contributed by atoms with Gasteiger partial charge in [0.25, 0.3) is 5.91 Å². The highest BCUT2D eigenvalue weighted by molar-refractivity contribution is 6.43. The van der Waals surface area contributed by atoms with Crippen molar-refractivity contribution in [1.82, 2.24) is 15.3 Å². The van der Waals surface area contributed by atoms with E-state index < -0.39 is 0 Å². The van der Waals surface area contributed by atoms with Crippen LogP contribution in [0.5, 0.6) is 0 Å². The van der Waals surface area contributed by atoms with Crippen LogP contribution in [0.1, 0.15) is 36.0 Å². The fourth-order valence-corrected chi connectivity index (χ4v) is 6.83. The molecule has 2 saturated heterocycles. The fourth-order valence-electron chi connectivity index (χ4n) is 6.11. The van der Waals surface area contributed by atoms with Gasteiger partial charge in [0, 0.05) is 82.8 Å². The van der Waals surface area contributed by atoms with E-state index in [2.05, 4.69) is 37.2 Å². The highest BCUT2D eigenvalue weighted by Crippen LogP contribution is 2.31. The van der Waals surface area contributed by atoms with Crippen LogP contribution < -0.4 is 20.9 Å². The first-order valence-electron chi connectivity index (χ1n) is 15.4. The van der Waals surface area contributed by atoms with Crippen LogP contribution in [0.25, 0.3) is 21.8 Å². The lowest BCUT2D eigenvalue weighted by molar-refractivity contribution is 0.0931. The van der Waals surface area contributed by atoms with Gasteiger partial charge in [-0.05, 0) is 86.3 Å². The second kappa shape index (κ2) is 14.6. The molecule has 2 fully saturated rings. The SMILES string of the molecule is NC1CCN(c2ccnc3cc(Cl)ccc23)CC1.O=C(NC1CCN(c2ccnc3cc(Cl)ccc23)CC1)c1cccc(Cl)c1Cl. The van der Waals surface area contributed by atoms with Crippen LogP contribution >= 0.6 is 46.4 Å². The molecule has 2 aliphatic heterocycles. The van der Waals surface area contributed by atoms with E-state index in [0.29, 0.717) is 26.7 Å². The molecule has 3 aromatic carbocycles. The predicted molar refractivity (Wildman–Crippen MR) is 192 cm³/mol. The van der Waals surface area contributed by atoms with Gasteiger partial charge in [-0.3, -0.25) is 14.8 Å². The molecule has 11 heteroatoms. The molecule has 3 N–H and O–H groups in total. The third-order valence-corrected chi connectivity index (χ3v) is 9.90. The van der Waals surface area contributed by atoms with Crippen molar-refractivity contribution in [3.63, 3.8) is 0 Å². The Morgan fingerprint density at radius 3 is 1.78 bits per heavy atom. The summed E-state index contributed by atoms with van der Waals surface area (Å²) in [5.74, 6) is -0.185. The van der Waals surface area contributed by atoms with Gasteiger partial charge in [0.2, 0.25) is 0 Å². The summed E-state index contributed by atoms with van der Waals surface area (Å²) < 4.78 is 0. The Labute approximate surface area is 288 Å². The maximum absolute atomic E-state index is 12.6. The van der Waals surface area contributed by atoms with Crippen molar-refractivity contribution < 1.29 is 4.79 Å². The number of nitrogens with one attached hydrogen (secondary N) is 1. The summed E-state index contributed by atoms with van der Waals surface area (Å²) in [6, 6.07) is 21.3. The lowest BCUT2D eigenvalue weighted by atomic mass is 10.0. The largest absolute Gasteiger partial charge is 0.371 e. The van der Waals surface area contributed by atoms with Crippen LogP contribution in [0, 0.1) is 0 Å². The molecule has 0 aliphatic carbocycles. The summed E-state index contributed by atoms with van der Waals surface area (Å²) >= 11 is 24.3. The van der Waals surface area contributed by atoms with Gasteiger partial charge < -0.3 is 20.9 Å². The summed E-state index contributed by atoms with van der Waals surface area (Å²) in [4.78, 5) is 26.1. The van der Waals surface area contributed by atoms with Crippen molar-refractivity contribution in [3.05, 3.63) is 105 Å². The first-order chi connectivity index (χ1) is 22.3. The molecule has 7 nitrogen and oxygen atoms in total. The molecule has 0 atom stereocenters. The molecule has 0 spiro atoms. The number of anilines is 2. The number of pyridine rings is 2. The molecule has 238 valence electrons. The average Bonchev–Trinajstić information content (AvgIpc) is 3.06. The number of benzene rings is 3. The van der Waals surface area contributed by atoms with E-state index >= 15 is 0 Å². The van der Waals surface area contributed by atoms with Crippen LogP contribution in [0.3, 0.4) is 0 Å². The summed E-state index contributed by atoms with van der Waals surface area (Å²) in [7, 11) is 0. The number of hydrogen-bond donors (Lipinski definition) is 2. The Bertz CT molecular complexity index is 1850. The van der Waals surface area contributed by atoms with E-state index in [0.717, 1.165) is 84.4 Å². The third kappa shape index (κ3) is 7.45. The molecule has 5 aromatic rings. The topological polar surface area (TPSA) is 87.4 Å². The van der Waals surface area contributed by atoms with Crippen molar-refractivity contribution in [1.29, 1.82) is 0 Å². The molecule has 0 saturated carbocycles. The number of carbonyl (C=O) groups excluding carboxylic acids is 1. The van der Waals surface area contributed by atoms with Gasteiger partial charge in [-0.15, -0.1) is 0 Å². The Morgan fingerprint density at radius 2 is 1.24 bits per heavy atom. The summed E-state index contributed by atoms with van der Waals surface area (Å²) in [5.41, 5.74) is 10.6. The van der Waals surface area contributed by atoms with Gasteiger partial charge in [-0.1, -0.05) is 52.5 Å². The average molecular weight is 697 g/mol. The number of aromatic nitrogens is 2. The molecule has 2 aliphatic rings. The maximum atomic E-state index is 12.6. The summed E-state index contributed by atoms with van der Waals surface area (Å²) in [6.45, 7) is 3.72. The number of piperidine rings is 2. The first-order valence-corrected chi connectivity index (χ1v) is 16.9. The number of fused-ring (bicyclic) bond motifs is 2. The van der Waals surface area contributed by atoms with E-state index in [-0.39, 0.29) is 11.9 Å². The molecule has 1 amide bonds. The van der Waals surface area contributed by atoms with Crippen molar-refractivity contribution in [2.75, 3.05) is 36.0 Å². The van der Waals surface area contributed by atoms with E-state index in [1.807, 2.05) is 48.8 Å². The van der Waals surface area contributed by atoms with E-state index in [9.17, 15) is 4.79 Å². The van der Waals surface area contributed by atoms with Crippen molar-refractivity contribution in [2.45, 2.75) is 37.8 Å². The van der Waals surface area contributed by atoms with Crippen LogP contribution in [0.15, 0.2) is 79.1 Å².